The number of carbonyl (C=O) groups is 2. The Bertz CT molecular complexity index is 398. The van der Waals surface area contributed by atoms with Crippen molar-refractivity contribution in [3.63, 3.8) is 0 Å². The lowest BCUT2D eigenvalue weighted by molar-refractivity contribution is -0.140. The van der Waals surface area contributed by atoms with E-state index in [9.17, 15) is 9.59 Å². The van der Waals surface area contributed by atoms with E-state index in [0.717, 1.165) is 0 Å². The van der Waals surface area contributed by atoms with Gasteiger partial charge in [-0.3, -0.25) is 4.79 Å². The van der Waals surface area contributed by atoms with E-state index in [2.05, 4.69) is 9.47 Å². The van der Waals surface area contributed by atoms with Crippen molar-refractivity contribution in [2.24, 2.45) is 5.73 Å². The fourth-order valence-corrected chi connectivity index (χ4v) is 1.28. The molecule has 94 valence electrons. The maximum absolute atomic E-state index is 11.1. The van der Waals surface area contributed by atoms with Crippen LogP contribution in [0.2, 0.25) is 0 Å². The number of esters is 2. The molecule has 6 nitrogen and oxygen atoms in total. The number of nitrogens with two attached hydrogens (primary N) is 1. The molecule has 1 aromatic rings. The molecule has 6 heteroatoms. The maximum atomic E-state index is 11.1. The first kappa shape index (κ1) is 13.2. The van der Waals surface area contributed by atoms with Crippen LogP contribution in [0, 0.1) is 0 Å². The fraction of sp³-hybridized carbons (Fsp3) is 0.455. The molecule has 0 fully saturated rings. The molecule has 0 aliphatic carbocycles. The third-order valence-corrected chi connectivity index (χ3v) is 2.27. The molecule has 1 aromatic heterocycles. The number of rotatable bonds is 5. The molecule has 0 aliphatic rings. The molecule has 0 radical (unpaired) electrons. The van der Waals surface area contributed by atoms with Gasteiger partial charge < -0.3 is 19.6 Å². The van der Waals surface area contributed by atoms with Crippen LogP contribution in [0.4, 0.5) is 0 Å². The van der Waals surface area contributed by atoms with E-state index in [0.29, 0.717) is 12.2 Å². The van der Waals surface area contributed by atoms with Crippen LogP contribution >= 0.6 is 0 Å². The average Bonchev–Trinajstić information content (AvgIpc) is 2.83. The zero-order valence-corrected chi connectivity index (χ0v) is 9.76. The van der Waals surface area contributed by atoms with Gasteiger partial charge in [-0.25, -0.2) is 4.79 Å². The molecule has 0 saturated heterocycles. The van der Waals surface area contributed by atoms with E-state index in [1.807, 2.05) is 0 Å². The number of hydrogen-bond acceptors (Lipinski definition) is 6. The van der Waals surface area contributed by atoms with Crippen LogP contribution < -0.4 is 5.73 Å². The van der Waals surface area contributed by atoms with E-state index in [4.69, 9.17) is 10.2 Å². The highest BCUT2D eigenvalue weighted by atomic mass is 16.5. The quantitative estimate of drug-likeness (QED) is 0.774. The lowest BCUT2D eigenvalue weighted by atomic mass is 10.1. The van der Waals surface area contributed by atoms with Gasteiger partial charge in [0.2, 0.25) is 5.76 Å². The lowest BCUT2D eigenvalue weighted by Gasteiger charge is -2.07. The summed E-state index contributed by atoms with van der Waals surface area (Å²) in [5.41, 5.74) is 5.80. The molecule has 1 heterocycles. The lowest BCUT2D eigenvalue weighted by Crippen LogP contribution is -2.12. The van der Waals surface area contributed by atoms with Gasteiger partial charge in [0.15, 0.2) is 0 Å². The van der Waals surface area contributed by atoms with Crippen molar-refractivity contribution in [2.75, 3.05) is 14.2 Å². The first-order valence-electron chi connectivity index (χ1n) is 5.09. The molecular formula is C11H15NO5. The minimum absolute atomic E-state index is 0.0935. The van der Waals surface area contributed by atoms with Crippen LogP contribution in [0.1, 0.15) is 35.2 Å². The summed E-state index contributed by atoms with van der Waals surface area (Å²) in [4.78, 5) is 22.1. The summed E-state index contributed by atoms with van der Waals surface area (Å²) in [5.74, 6) is -0.359. The summed E-state index contributed by atoms with van der Waals surface area (Å²) in [6.07, 6.45) is 0.590. The van der Waals surface area contributed by atoms with E-state index >= 15 is 0 Å². The number of carbonyl (C=O) groups excluding carboxylic acids is 2. The topological polar surface area (TPSA) is 91.8 Å². The Hall–Kier alpha value is -1.82. The van der Waals surface area contributed by atoms with Gasteiger partial charge in [0.1, 0.15) is 5.76 Å². The van der Waals surface area contributed by atoms with Crippen LogP contribution in [-0.2, 0) is 14.3 Å². The van der Waals surface area contributed by atoms with Gasteiger partial charge in [-0.1, -0.05) is 0 Å². The highest BCUT2D eigenvalue weighted by Crippen LogP contribution is 2.19. The van der Waals surface area contributed by atoms with E-state index in [1.54, 1.807) is 6.07 Å². The number of hydrogen-bond donors (Lipinski definition) is 1. The Morgan fingerprint density at radius 3 is 2.65 bits per heavy atom. The van der Waals surface area contributed by atoms with E-state index < -0.39 is 12.0 Å². The molecule has 0 aliphatic heterocycles. The van der Waals surface area contributed by atoms with E-state index in [-0.39, 0.29) is 18.2 Å². The van der Waals surface area contributed by atoms with Gasteiger partial charge in [-0.05, 0) is 18.6 Å². The van der Waals surface area contributed by atoms with Crippen LogP contribution in [0.15, 0.2) is 16.5 Å². The van der Waals surface area contributed by atoms with Gasteiger partial charge >= 0.3 is 11.9 Å². The van der Waals surface area contributed by atoms with Gasteiger partial charge in [0, 0.05) is 6.42 Å². The van der Waals surface area contributed by atoms with Crippen LogP contribution in [-0.4, -0.2) is 26.2 Å². The number of methoxy groups -OCH3 is 2. The molecule has 1 atom stereocenters. The second kappa shape index (κ2) is 6.05. The number of furan rings is 1. The summed E-state index contributed by atoms with van der Waals surface area (Å²) < 4.78 is 14.2. The van der Waals surface area contributed by atoms with Crippen molar-refractivity contribution in [2.45, 2.75) is 18.9 Å². The summed E-state index contributed by atoms with van der Waals surface area (Å²) >= 11 is 0. The molecule has 0 aromatic carbocycles. The second-order valence-electron chi connectivity index (χ2n) is 3.41. The Balaban J connectivity index is 2.57. The zero-order valence-electron chi connectivity index (χ0n) is 9.76. The molecule has 0 amide bonds. The fourth-order valence-electron chi connectivity index (χ4n) is 1.28. The minimum atomic E-state index is -0.559. The standard InChI is InChI=1S/C11H15NO5/c1-15-10(13)6-3-7(12)8-4-5-9(17-8)11(14)16-2/h4-5,7H,3,6,12H2,1-2H3. The molecule has 1 rings (SSSR count). The Labute approximate surface area is 98.7 Å². The SMILES string of the molecule is COC(=O)CCC(N)c1ccc(C(=O)OC)o1. The zero-order chi connectivity index (χ0) is 12.8. The molecule has 1 unspecified atom stereocenters. The van der Waals surface area contributed by atoms with Gasteiger partial charge in [-0.2, -0.15) is 0 Å². The molecule has 0 spiro atoms. The van der Waals surface area contributed by atoms with Crippen LogP contribution in [0.25, 0.3) is 0 Å². The Morgan fingerprint density at radius 2 is 2.06 bits per heavy atom. The monoisotopic (exact) mass is 241 g/mol. The van der Waals surface area contributed by atoms with Gasteiger partial charge in [0.25, 0.3) is 0 Å². The summed E-state index contributed by atoms with van der Waals surface area (Å²) in [7, 11) is 2.58. The predicted octanol–water partition coefficient (Wildman–Crippen LogP) is 1.02. The normalized spacial score (nSPS) is 11.9. The van der Waals surface area contributed by atoms with Crippen LogP contribution in [0.5, 0.6) is 0 Å². The van der Waals surface area contributed by atoms with E-state index in [1.165, 1.54) is 20.3 Å². The van der Waals surface area contributed by atoms with Gasteiger partial charge in [-0.15, -0.1) is 0 Å². The molecule has 0 bridgehead atoms. The summed E-state index contributed by atoms with van der Waals surface area (Å²) in [6, 6.07) is 2.63. The smallest absolute Gasteiger partial charge is 0.373 e. The maximum Gasteiger partial charge on any atom is 0.373 e. The summed E-state index contributed by atoms with van der Waals surface area (Å²) in [6.45, 7) is 0. The van der Waals surface area contributed by atoms with Crippen molar-refractivity contribution in [3.05, 3.63) is 23.7 Å². The largest absolute Gasteiger partial charge is 0.469 e. The van der Waals surface area contributed by atoms with Crippen molar-refractivity contribution in [1.29, 1.82) is 0 Å². The first-order chi connectivity index (χ1) is 8.08. The first-order valence-corrected chi connectivity index (χ1v) is 5.09. The Morgan fingerprint density at radius 1 is 1.35 bits per heavy atom. The average molecular weight is 241 g/mol. The third kappa shape index (κ3) is 3.60. The summed E-state index contributed by atoms with van der Waals surface area (Å²) in [5, 5.41) is 0. The molecule has 17 heavy (non-hydrogen) atoms. The highest BCUT2D eigenvalue weighted by molar-refractivity contribution is 5.86. The third-order valence-electron chi connectivity index (χ3n) is 2.27. The van der Waals surface area contributed by atoms with Crippen molar-refractivity contribution >= 4 is 11.9 Å². The van der Waals surface area contributed by atoms with Crippen molar-refractivity contribution in [3.8, 4) is 0 Å². The van der Waals surface area contributed by atoms with Gasteiger partial charge in [0.05, 0.1) is 20.3 Å². The second-order valence-corrected chi connectivity index (χ2v) is 3.41. The van der Waals surface area contributed by atoms with Crippen LogP contribution in [0.3, 0.4) is 0 Å². The molecule has 0 saturated carbocycles. The Kier molecular flexibility index (Phi) is 4.71. The van der Waals surface area contributed by atoms with Crippen molar-refractivity contribution < 1.29 is 23.5 Å². The molecular weight excluding hydrogens is 226 g/mol. The van der Waals surface area contributed by atoms with Crippen molar-refractivity contribution in [1.82, 2.24) is 0 Å². The minimum Gasteiger partial charge on any atom is -0.469 e. The number of ether oxygens (including phenoxy) is 2. The highest BCUT2D eigenvalue weighted by Gasteiger charge is 2.16. The predicted molar refractivity (Wildman–Crippen MR) is 58.2 cm³/mol. The molecule has 2 N–H and O–H groups in total.